The van der Waals surface area contributed by atoms with Gasteiger partial charge < -0.3 is 4.74 Å². The van der Waals surface area contributed by atoms with Crippen LogP contribution >= 0.6 is 0 Å². The summed E-state index contributed by atoms with van der Waals surface area (Å²) >= 11 is 0. The van der Waals surface area contributed by atoms with E-state index in [1.807, 2.05) is 0 Å². The van der Waals surface area contributed by atoms with Crippen LogP contribution in [-0.2, 0) is 9.53 Å². The van der Waals surface area contributed by atoms with Gasteiger partial charge in [-0.05, 0) is 20.8 Å². The monoisotopic (exact) mass is 226 g/mol. The van der Waals surface area contributed by atoms with Crippen LogP contribution in [0.5, 0.6) is 0 Å². The van der Waals surface area contributed by atoms with Crippen LogP contribution in [-0.4, -0.2) is 17.7 Å². The molecule has 0 aliphatic rings. The van der Waals surface area contributed by atoms with Gasteiger partial charge >= 0.3 is 12.1 Å². The lowest BCUT2D eigenvalue weighted by Gasteiger charge is -2.26. The maximum atomic E-state index is 12.3. The second-order valence-electron chi connectivity index (χ2n) is 4.65. The Labute approximate surface area is 87.8 Å². The fraction of sp³-hybridized carbons (Fsp3) is 0.900. The quantitative estimate of drug-likeness (QED) is 0.676. The van der Waals surface area contributed by atoms with E-state index in [0.717, 1.165) is 6.92 Å². The van der Waals surface area contributed by atoms with Gasteiger partial charge in [0.1, 0.15) is 5.60 Å². The van der Waals surface area contributed by atoms with Crippen molar-refractivity contribution in [1.29, 1.82) is 0 Å². The molecule has 0 heterocycles. The van der Waals surface area contributed by atoms with Crippen molar-refractivity contribution in [3.05, 3.63) is 0 Å². The average Bonchev–Trinajstić information content (AvgIpc) is 1.96. The summed E-state index contributed by atoms with van der Waals surface area (Å²) in [7, 11) is 0. The predicted octanol–water partition coefficient (Wildman–Crippen LogP) is 3.16. The standard InChI is InChI=1S/C10H17F3O2/c1-6(7(2)10(11,12)13)8(14)15-9(3,4)5/h6-7H,1-5H3. The van der Waals surface area contributed by atoms with Gasteiger partial charge in [0.15, 0.2) is 0 Å². The molecular weight excluding hydrogens is 209 g/mol. The van der Waals surface area contributed by atoms with Gasteiger partial charge in [-0.1, -0.05) is 13.8 Å². The average molecular weight is 226 g/mol. The van der Waals surface area contributed by atoms with E-state index in [-0.39, 0.29) is 0 Å². The number of carbonyl (C=O) groups is 1. The third-order valence-corrected chi connectivity index (χ3v) is 2.04. The molecule has 0 radical (unpaired) electrons. The van der Waals surface area contributed by atoms with Gasteiger partial charge in [-0.2, -0.15) is 13.2 Å². The lowest BCUT2D eigenvalue weighted by molar-refractivity contribution is -0.196. The Hall–Kier alpha value is -0.740. The maximum Gasteiger partial charge on any atom is 0.392 e. The third kappa shape index (κ3) is 5.04. The second-order valence-corrected chi connectivity index (χ2v) is 4.65. The normalized spacial score (nSPS) is 17.1. The van der Waals surface area contributed by atoms with E-state index in [2.05, 4.69) is 0 Å². The second kappa shape index (κ2) is 4.41. The Morgan fingerprint density at radius 1 is 1.13 bits per heavy atom. The molecule has 2 atom stereocenters. The minimum Gasteiger partial charge on any atom is -0.460 e. The van der Waals surface area contributed by atoms with Crippen LogP contribution in [0.3, 0.4) is 0 Å². The molecule has 0 aromatic carbocycles. The topological polar surface area (TPSA) is 26.3 Å². The van der Waals surface area contributed by atoms with E-state index in [1.54, 1.807) is 20.8 Å². The largest absolute Gasteiger partial charge is 0.460 e. The van der Waals surface area contributed by atoms with Crippen LogP contribution in [0, 0.1) is 11.8 Å². The van der Waals surface area contributed by atoms with Gasteiger partial charge in [-0.3, -0.25) is 4.79 Å². The fourth-order valence-electron chi connectivity index (χ4n) is 0.882. The predicted molar refractivity (Wildman–Crippen MR) is 50.2 cm³/mol. The molecule has 0 saturated heterocycles. The van der Waals surface area contributed by atoms with Crippen molar-refractivity contribution in [3.63, 3.8) is 0 Å². The highest BCUT2D eigenvalue weighted by Crippen LogP contribution is 2.32. The van der Waals surface area contributed by atoms with E-state index in [0.29, 0.717) is 0 Å². The fourth-order valence-corrected chi connectivity index (χ4v) is 0.882. The van der Waals surface area contributed by atoms with Gasteiger partial charge in [-0.15, -0.1) is 0 Å². The maximum absolute atomic E-state index is 12.3. The van der Waals surface area contributed by atoms with E-state index in [9.17, 15) is 18.0 Å². The summed E-state index contributed by atoms with van der Waals surface area (Å²) in [5.74, 6) is -3.68. The van der Waals surface area contributed by atoms with Crippen molar-refractivity contribution in [3.8, 4) is 0 Å². The number of hydrogen-bond donors (Lipinski definition) is 0. The molecule has 0 rings (SSSR count). The van der Waals surface area contributed by atoms with Crippen molar-refractivity contribution in [2.45, 2.75) is 46.4 Å². The van der Waals surface area contributed by atoms with Gasteiger partial charge in [0.2, 0.25) is 0 Å². The molecule has 0 aliphatic heterocycles. The molecule has 0 fully saturated rings. The molecule has 0 spiro atoms. The Morgan fingerprint density at radius 2 is 1.53 bits per heavy atom. The van der Waals surface area contributed by atoms with Crippen molar-refractivity contribution in [2.24, 2.45) is 11.8 Å². The minimum absolute atomic E-state index is 0.753. The summed E-state index contributed by atoms with van der Waals surface area (Å²) in [4.78, 5) is 11.3. The van der Waals surface area contributed by atoms with Crippen LogP contribution in [0.1, 0.15) is 34.6 Å². The van der Waals surface area contributed by atoms with Crippen molar-refractivity contribution in [2.75, 3.05) is 0 Å². The molecule has 2 unspecified atom stereocenters. The van der Waals surface area contributed by atoms with Gasteiger partial charge in [0.05, 0.1) is 11.8 Å². The summed E-state index contributed by atoms with van der Waals surface area (Å²) in [6.07, 6.45) is -4.36. The minimum atomic E-state index is -4.36. The highest BCUT2D eigenvalue weighted by Gasteiger charge is 2.43. The molecule has 0 bridgehead atoms. The molecule has 5 heteroatoms. The summed E-state index contributed by atoms with van der Waals surface area (Å²) < 4.78 is 41.7. The SMILES string of the molecule is CC(C(=O)OC(C)(C)C)C(C)C(F)(F)F. The first-order valence-electron chi connectivity index (χ1n) is 4.74. The molecule has 15 heavy (non-hydrogen) atoms. The lowest BCUT2D eigenvalue weighted by atomic mass is 9.95. The van der Waals surface area contributed by atoms with Crippen LogP contribution in [0.15, 0.2) is 0 Å². The van der Waals surface area contributed by atoms with Crippen molar-refractivity contribution < 1.29 is 22.7 Å². The smallest absolute Gasteiger partial charge is 0.392 e. The number of rotatable bonds is 2. The van der Waals surface area contributed by atoms with E-state index in [4.69, 9.17) is 4.74 Å². The first-order chi connectivity index (χ1) is 6.45. The Bertz CT molecular complexity index is 228. The zero-order valence-corrected chi connectivity index (χ0v) is 9.61. The Kier molecular flexibility index (Phi) is 4.19. The highest BCUT2D eigenvalue weighted by atomic mass is 19.4. The van der Waals surface area contributed by atoms with E-state index < -0.39 is 29.6 Å². The van der Waals surface area contributed by atoms with Crippen LogP contribution < -0.4 is 0 Å². The summed E-state index contributed by atoms with van der Waals surface area (Å²) in [5.41, 5.74) is -0.753. The molecule has 0 N–H and O–H groups in total. The number of halogens is 3. The van der Waals surface area contributed by atoms with Crippen LogP contribution in [0.4, 0.5) is 13.2 Å². The zero-order valence-electron chi connectivity index (χ0n) is 9.61. The molecular formula is C10H17F3O2. The van der Waals surface area contributed by atoms with Gasteiger partial charge in [0.25, 0.3) is 0 Å². The molecule has 0 aromatic heterocycles. The molecule has 0 saturated carbocycles. The number of alkyl halides is 3. The third-order valence-electron chi connectivity index (χ3n) is 2.04. The van der Waals surface area contributed by atoms with Gasteiger partial charge in [0, 0.05) is 0 Å². The first-order valence-corrected chi connectivity index (χ1v) is 4.74. The first kappa shape index (κ1) is 14.3. The molecule has 0 aromatic rings. The number of hydrogen-bond acceptors (Lipinski definition) is 2. The number of esters is 1. The Morgan fingerprint density at radius 3 is 1.80 bits per heavy atom. The van der Waals surface area contributed by atoms with E-state index in [1.165, 1.54) is 6.92 Å². The van der Waals surface area contributed by atoms with E-state index >= 15 is 0 Å². The summed E-state index contributed by atoms with van der Waals surface area (Å²) in [6, 6.07) is 0. The number of carbonyl (C=O) groups excluding carboxylic acids is 1. The van der Waals surface area contributed by atoms with Crippen molar-refractivity contribution >= 4 is 5.97 Å². The van der Waals surface area contributed by atoms with Crippen LogP contribution in [0.25, 0.3) is 0 Å². The molecule has 0 aliphatic carbocycles. The Balaban J connectivity index is 4.46. The van der Waals surface area contributed by atoms with Crippen LogP contribution in [0.2, 0.25) is 0 Å². The summed E-state index contributed by atoms with van der Waals surface area (Å²) in [5, 5.41) is 0. The molecule has 2 nitrogen and oxygen atoms in total. The highest BCUT2D eigenvalue weighted by molar-refractivity contribution is 5.72. The lowest BCUT2D eigenvalue weighted by Crippen LogP contribution is -2.35. The number of ether oxygens (including phenoxy) is 1. The molecule has 0 amide bonds. The summed E-state index contributed by atoms with van der Waals surface area (Å²) in [6.45, 7) is 7.07. The van der Waals surface area contributed by atoms with Gasteiger partial charge in [-0.25, -0.2) is 0 Å². The molecule has 90 valence electrons. The zero-order chi connectivity index (χ0) is 12.4. The van der Waals surface area contributed by atoms with Crippen molar-refractivity contribution in [1.82, 2.24) is 0 Å².